The van der Waals surface area contributed by atoms with Gasteiger partial charge in [-0.1, -0.05) is 42.5 Å². The number of nitrogens with one attached hydrogen (secondary N) is 1. The van der Waals surface area contributed by atoms with E-state index in [9.17, 15) is 4.79 Å². The van der Waals surface area contributed by atoms with E-state index in [2.05, 4.69) is 17.5 Å². The number of hydrogen-bond acceptors (Lipinski definition) is 3. The number of carbonyl (C=O) groups excluding carboxylic acids is 1. The highest BCUT2D eigenvalue weighted by Gasteiger charge is 2.40. The Morgan fingerprint density at radius 3 is 2.76 bits per heavy atom. The molecule has 1 aromatic carbocycles. The van der Waals surface area contributed by atoms with Crippen molar-refractivity contribution in [1.82, 2.24) is 5.32 Å². The first-order valence-corrected chi connectivity index (χ1v) is 5.98. The van der Waals surface area contributed by atoms with E-state index < -0.39 is 0 Å². The summed E-state index contributed by atoms with van der Waals surface area (Å²) in [5.41, 5.74) is 1.03. The maximum atomic E-state index is 11.9. The average molecular weight is 229 g/mol. The van der Waals surface area contributed by atoms with Crippen LogP contribution in [0.1, 0.15) is 12.0 Å². The molecule has 0 spiro atoms. The molecule has 0 aromatic heterocycles. The minimum absolute atomic E-state index is 0.134. The van der Waals surface area contributed by atoms with Gasteiger partial charge in [-0.2, -0.15) is 0 Å². The van der Waals surface area contributed by atoms with Crippen LogP contribution in [0.2, 0.25) is 0 Å². The third-order valence-corrected chi connectivity index (χ3v) is 3.42. The minimum Gasteiger partial charge on any atom is -0.460 e. The largest absolute Gasteiger partial charge is 0.460 e. The number of esters is 1. The molecule has 1 N–H and O–H groups in total. The Kier molecular flexibility index (Phi) is 2.69. The molecule has 1 aromatic rings. The van der Waals surface area contributed by atoms with Gasteiger partial charge in [-0.25, -0.2) is 0 Å². The normalized spacial score (nSPS) is 29.5. The van der Waals surface area contributed by atoms with Crippen LogP contribution in [0, 0.1) is 5.92 Å². The first kappa shape index (κ1) is 10.5. The first-order valence-electron chi connectivity index (χ1n) is 5.98. The summed E-state index contributed by atoms with van der Waals surface area (Å²) < 4.78 is 5.33. The van der Waals surface area contributed by atoms with Gasteiger partial charge < -0.3 is 4.74 Å². The molecule has 3 rings (SSSR count). The summed E-state index contributed by atoms with van der Waals surface area (Å²) in [7, 11) is 0. The van der Waals surface area contributed by atoms with Crippen molar-refractivity contribution in [3.05, 3.63) is 48.0 Å². The van der Waals surface area contributed by atoms with Gasteiger partial charge in [0, 0.05) is 12.0 Å². The van der Waals surface area contributed by atoms with Crippen molar-refractivity contribution in [1.29, 1.82) is 0 Å². The topological polar surface area (TPSA) is 38.3 Å². The van der Waals surface area contributed by atoms with Crippen molar-refractivity contribution < 1.29 is 9.53 Å². The molecule has 3 atom stereocenters. The lowest BCUT2D eigenvalue weighted by Crippen LogP contribution is -2.40. The molecule has 3 heteroatoms. The van der Waals surface area contributed by atoms with Crippen LogP contribution in [-0.2, 0) is 16.1 Å². The number of rotatable bonds is 3. The van der Waals surface area contributed by atoms with Gasteiger partial charge in [-0.05, 0) is 12.0 Å². The molecule has 88 valence electrons. The maximum Gasteiger partial charge on any atom is 0.324 e. The van der Waals surface area contributed by atoms with Crippen molar-refractivity contribution >= 4 is 5.97 Å². The number of hydrogen-bond donors (Lipinski definition) is 1. The molecule has 1 aliphatic carbocycles. The highest BCUT2D eigenvalue weighted by molar-refractivity contribution is 5.77. The summed E-state index contributed by atoms with van der Waals surface area (Å²) in [4.78, 5) is 11.9. The van der Waals surface area contributed by atoms with Gasteiger partial charge in [-0.3, -0.25) is 10.1 Å². The summed E-state index contributed by atoms with van der Waals surface area (Å²) in [6.45, 7) is 0.360. The molecule has 2 bridgehead atoms. The van der Waals surface area contributed by atoms with Gasteiger partial charge in [-0.15, -0.1) is 0 Å². The van der Waals surface area contributed by atoms with Crippen molar-refractivity contribution in [3.63, 3.8) is 0 Å². The van der Waals surface area contributed by atoms with Crippen LogP contribution in [0.4, 0.5) is 0 Å². The lowest BCUT2D eigenvalue weighted by Gasteiger charge is -2.17. The summed E-state index contributed by atoms with van der Waals surface area (Å²) in [5, 5.41) is 3.27. The molecule has 1 saturated heterocycles. The Bertz CT molecular complexity index is 441. The van der Waals surface area contributed by atoms with Crippen molar-refractivity contribution in [2.45, 2.75) is 25.1 Å². The SMILES string of the molecule is O=C(OCc1ccccc1)C1NC2C=CC1C2. The van der Waals surface area contributed by atoms with E-state index >= 15 is 0 Å². The number of benzene rings is 1. The summed E-state index contributed by atoms with van der Waals surface area (Å²) in [6.07, 6.45) is 5.28. The summed E-state index contributed by atoms with van der Waals surface area (Å²) >= 11 is 0. The van der Waals surface area contributed by atoms with Crippen molar-refractivity contribution in [2.75, 3.05) is 0 Å². The lowest BCUT2D eigenvalue weighted by molar-refractivity contribution is -0.147. The second-order valence-corrected chi connectivity index (χ2v) is 4.63. The molecule has 1 fully saturated rings. The Balaban J connectivity index is 1.56. The molecule has 1 heterocycles. The molecule has 3 unspecified atom stereocenters. The second kappa shape index (κ2) is 4.34. The fourth-order valence-electron chi connectivity index (χ4n) is 2.51. The summed E-state index contributed by atoms with van der Waals surface area (Å²) in [6, 6.07) is 9.99. The zero-order valence-electron chi connectivity index (χ0n) is 9.50. The standard InChI is InChI=1S/C14H15NO2/c16-14(13-11-6-7-12(8-11)15-13)17-9-10-4-2-1-3-5-10/h1-7,11-13,15H,8-9H2. The molecule has 1 aliphatic heterocycles. The van der Waals surface area contributed by atoms with Gasteiger partial charge >= 0.3 is 5.97 Å². The Morgan fingerprint density at radius 2 is 2.12 bits per heavy atom. The van der Waals surface area contributed by atoms with E-state index in [1.165, 1.54) is 0 Å². The predicted molar refractivity (Wildman–Crippen MR) is 64.2 cm³/mol. The second-order valence-electron chi connectivity index (χ2n) is 4.63. The molecule has 0 radical (unpaired) electrons. The van der Waals surface area contributed by atoms with Crippen LogP contribution in [0.5, 0.6) is 0 Å². The van der Waals surface area contributed by atoms with Gasteiger partial charge in [0.2, 0.25) is 0 Å². The van der Waals surface area contributed by atoms with E-state index in [1.54, 1.807) is 0 Å². The third-order valence-electron chi connectivity index (χ3n) is 3.42. The highest BCUT2D eigenvalue weighted by Crippen LogP contribution is 2.29. The third kappa shape index (κ3) is 2.11. The Morgan fingerprint density at radius 1 is 1.29 bits per heavy atom. The van der Waals surface area contributed by atoms with E-state index in [-0.39, 0.29) is 12.0 Å². The Hall–Kier alpha value is -1.61. The van der Waals surface area contributed by atoms with Crippen LogP contribution in [-0.4, -0.2) is 18.1 Å². The van der Waals surface area contributed by atoms with Crippen LogP contribution < -0.4 is 5.32 Å². The van der Waals surface area contributed by atoms with E-state index in [0.717, 1.165) is 12.0 Å². The minimum atomic E-state index is -0.145. The van der Waals surface area contributed by atoms with Gasteiger partial charge in [0.05, 0.1) is 0 Å². The van der Waals surface area contributed by atoms with Crippen LogP contribution in [0.15, 0.2) is 42.5 Å². The van der Waals surface area contributed by atoms with E-state index in [4.69, 9.17) is 4.74 Å². The van der Waals surface area contributed by atoms with E-state index in [1.807, 2.05) is 30.3 Å². The van der Waals surface area contributed by atoms with Gasteiger partial charge in [0.25, 0.3) is 0 Å². The molecule has 2 aliphatic rings. The molecular weight excluding hydrogens is 214 g/mol. The molecule has 0 amide bonds. The maximum absolute atomic E-state index is 11.9. The van der Waals surface area contributed by atoms with Crippen molar-refractivity contribution in [3.8, 4) is 0 Å². The smallest absolute Gasteiger partial charge is 0.324 e. The van der Waals surface area contributed by atoms with Crippen LogP contribution >= 0.6 is 0 Å². The lowest BCUT2D eigenvalue weighted by atomic mass is 10.0. The molecule has 3 nitrogen and oxygen atoms in total. The van der Waals surface area contributed by atoms with Crippen LogP contribution in [0.3, 0.4) is 0 Å². The number of carbonyl (C=O) groups is 1. The van der Waals surface area contributed by atoms with Gasteiger partial charge in [0.1, 0.15) is 12.6 Å². The first-order chi connectivity index (χ1) is 8.33. The summed E-state index contributed by atoms with van der Waals surface area (Å²) in [5.74, 6) is 0.189. The fraction of sp³-hybridized carbons (Fsp3) is 0.357. The monoisotopic (exact) mass is 229 g/mol. The Labute approximate surface area is 100 Å². The predicted octanol–water partition coefficient (Wildman–Crippen LogP) is 1.65. The van der Waals surface area contributed by atoms with Crippen LogP contribution in [0.25, 0.3) is 0 Å². The fourth-order valence-corrected chi connectivity index (χ4v) is 2.51. The molecular formula is C14H15NO2. The number of ether oxygens (including phenoxy) is 1. The van der Waals surface area contributed by atoms with Gasteiger partial charge in [0.15, 0.2) is 0 Å². The van der Waals surface area contributed by atoms with E-state index in [0.29, 0.717) is 18.6 Å². The zero-order valence-corrected chi connectivity index (χ0v) is 9.50. The zero-order chi connectivity index (χ0) is 11.7. The van der Waals surface area contributed by atoms with Crippen molar-refractivity contribution in [2.24, 2.45) is 5.92 Å². The molecule has 0 saturated carbocycles. The average Bonchev–Trinajstić information content (AvgIpc) is 2.99. The number of fused-ring (bicyclic) bond motifs is 2. The quantitative estimate of drug-likeness (QED) is 0.632. The highest BCUT2D eigenvalue weighted by atomic mass is 16.5. The molecule has 17 heavy (non-hydrogen) atoms.